The SMILES string of the molecule is CC([SiH3])=C(C)CNC(C)C. The van der Waals surface area contributed by atoms with E-state index in [-0.39, 0.29) is 0 Å². The third-order valence-corrected chi connectivity index (χ3v) is 2.48. The minimum absolute atomic E-state index is 0.607. The van der Waals surface area contributed by atoms with Gasteiger partial charge in [-0.25, -0.2) is 0 Å². The van der Waals surface area contributed by atoms with Crippen LogP contribution in [0.15, 0.2) is 10.8 Å². The van der Waals surface area contributed by atoms with E-state index < -0.39 is 0 Å². The maximum atomic E-state index is 3.39. The highest BCUT2D eigenvalue weighted by Crippen LogP contribution is 1.96. The lowest BCUT2D eigenvalue weighted by Gasteiger charge is -2.09. The van der Waals surface area contributed by atoms with Crippen LogP contribution in [0.3, 0.4) is 0 Å². The van der Waals surface area contributed by atoms with Gasteiger partial charge in [0.25, 0.3) is 0 Å². The quantitative estimate of drug-likeness (QED) is 0.593. The minimum atomic E-state index is 0.607. The number of allylic oxidation sites excluding steroid dienone is 1. The average molecular weight is 157 g/mol. The van der Waals surface area contributed by atoms with E-state index in [1.807, 2.05) is 0 Å². The first-order valence-corrected chi connectivity index (χ1v) is 4.90. The van der Waals surface area contributed by atoms with Crippen LogP contribution in [-0.4, -0.2) is 22.8 Å². The van der Waals surface area contributed by atoms with Crippen LogP contribution in [0.4, 0.5) is 0 Å². The Bertz CT molecular complexity index is 123. The predicted octanol–water partition coefficient (Wildman–Crippen LogP) is 0.644. The molecular formula is C8H19NSi. The standard InChI is InChI=1S/C8H19NSi/c1-6(2)9-5-7(3)8(4)10/h6,9H,5H2,1-4,10H3. The van der Waals surface area contributed by atoms with E-state index in [0.717, 1.165) is 6.54 Å². The molecule has 0 spiro atoms. The van der Waals surface area contributed by atoms with Gasteiger partial charge >= 0.3 is 0 Å². The monoisotopic (exact) mass is 157 g/mol. The van der Waals surface area contributed by atoms with E-state index in [1.54, 1.807) is 5.20 Å². The van der Waals surface area contributed by atoms with Gasteiger partial charge in [0.15, 0.2) is 0 Å². The smallest absolute Gasteiger partial charge is 0.0329 e. The van der Waals surface area contributed by atoms with Gasteiger partial charge in [-0.2, -0.15) is 0 Å². The highest BCUT2D eigenvalue weighted by molar-refractivity contribution is 6.21. The molecule has 0 rings (SSSR count). The van der Waals surface area contributed by atoms with Crippen LogP contribution in [0.5, 0.6) is 0 Å². The lowest BCUT2D eigenvalue weighted by Crippen LogP contribution is -2.24. The third kappa shape index (κ3) is 4.76. The fourth-order valence-corrected chi connectivity index (χ4v) is 0.711. The molecule has 0 aromatic carbocycles. The Morgan fingerprint density at radius 1 is 1.40 bits per heavy atom. The summed E-state index contributed by atoms with van der Waals surface area (Å²) in [7, 11) is 1.20. The predicted molar refractivity (Wildman–Crippen MR) is 51.5 cm³/mol. The molecule has 0 saturated carbocycles. The Morgan fingerprint density at radius 3 is 2.20 bits per heavy atom. The van der Waals surface area contributed by atoms with E-state index in [2.05, 4.69) is 33.0 Å². The molecule has 0 saturated heterocycles. The van der Waals surface area contributed by atoms with Crippen LogP contribution in [0.1, 0.15) is 27.7 Å². The highest BCUT2D eigenvalue weighted by Gasteiger charge is 1.93. The molecule has 10 heavy (non-hydrogen) atoms. The maximum absolute atomic E-state index is 3.39. The molecule has 0 amide bonds. The van der Waals surface area contributed by atoms with Crippen LogP contribution in [0, 0.1) is 0 Å². The van der Waals surface area contributed by atoms with E-state index in [4.69, 9.17) is 0 Å². The van der Waals surface area contributed by atoms with Crippen molar-refractivity contribution in [2.24, 2.45) is 0 Å². The molecule has 0 radical (unpaired) electrons. The van der Waals surface area contributed by atoms with Crippen molar-refractivity contribution >= 4 is 10.2 Å². The second-order valence-corrected chi connectivity index (χ2v) is 4.82. The van der Waals surface area contributed by atoms with Gasteiger partial charge in [-0.05, 0) is 13.8 Å². The summed E-state index contributed by atoms with van der Waals surface area (Å²) in [5, 5.41) is 4.95. The normalized spacial score (nSPS) is 14.1. The van der Waals surface area contributed by atoms with E-state index in [9.17, 15) is 0 Å². The summed E-state index contributed by atoms with van der Waals surface area (Å²) in [6.07, 6.45) is 0. The molecule has 0 aromatic rings. The molecule has 0 aliphatic carbocycles. The Kier molecular flexibility index (Phi) is 4.65. The summed E-state index contributed by atoms with van der Waals surface area (Å²) in [6, 6.07) is 0.607. The van der Waals surface area contributed by atoms with Gasteiger partial charge in [-0.1, -0.05) is 24.6 Å². The van der Waals surface area contributed by atoms with Gasteiger partial charge < -0.3 is 5.32 Å². The zero-order valence-corrected chi connectivity index (χ0v) is 9.78. The number of rotatable bonds is 3. The lowest BCUT2D eigenvalue weighted by atomic mass is 10.2. The van der Waals surface area contributed by atoms with Crippen molar-refractivity contribution < 1.29 is 0 Å². The van der Waals surface area contributed by atoms with Crippen molar-refractivity contribution in [1.82, 2.24) is 5.32 Å². The molecule has 0 fully saturated rings. The number of hydrogen-bond donors (Lipinski definition) is 1. The molecule has 0 heterocycles. The first-order valence-electron chi connectivity index (χ1n) is 3.90. The Hall–Kier alpha value is -0.0831. The summed E-state index contributed by atoms with van der Waals surface area (Å²) < 4.78 is 0. The number of hydrogen-bond acceptors (Lipinski definition) is 1. The summed E-state index contributed by atoms with van der Waals surface area (Å²) in [6.45, 7) is 9.83. The van der Waals surface area contributed by atoms with Crippen LogP contribution in [0.25, 0.3) is 0 Å². The fraction of sp³-hybridized carbons (Fsp3) is 0.750. The molecule has 1 N–H and O–H groups in total. The zero-order valence-electron chi connectivity index (χ0n) is 7.78. The van der Waals surface area contributed by atoms with Crippen molar-refractivity contribution in [3.8, 4) is 0 Å². The van der Waals surface area contributed by atoms with E-state index in [1.165, 1.54) is 15.8 Å². The molecule has 0 bridgehead atoms. The van der Waals surface area contributed by atoms with Crippen LogP contribution in [0.2, 0.25) is 0 Å². The zero-order chi connectivity index (χ0) is 8.15. The van der Waals surface area contributed by atoms with Crippen molar-refractivity contribution in [2.75, 3.05) is 6.54 Å². The Morgan fingerprint density at radius 2 is 1.90 bits per heavy atom. The Balaban J connectivity index is 3.60. The summed E-state index contributed by atoms with van der Waals surface area (Å²) in [5.41, 5.74) is 1.51. The van der Waals surface area contributed by atoms with Gasteiger partial charge in [0, 0.05) is 22.8 Å². The van der Waals surface area contributed by atoms with Crippen molar-refractivity contribution in [2.45, 2.75) is 33.7 Å². The van der Waals surface area contributed by atoms with Gasteiger partial charge in [-0.15, -0.1) is 0 Å². The fourth-order valence-electron chi connectivity index (χ4n) is 0.534. The highest BCUT2D eigenvalue weighted by atomic mass is 28.1. The summed E-state index contributed by atoms with van der Waals surface area (Å²) >= 11 is 0. The molecule has 2 heteroatoms. The molecule has 60 valence electrons. The van der Waals surface area contributed by atoms with Gasteiger partial charge in [0.2, 0.25) is 0 Å². The van der Waals surface area contributed by atoms with Crippen LogP contribution < -0.4 is 5.32 Å². The summed E-state index contributed by atoms with van der Waals surface area (Å²) in [5.74, 6) is 0. The summed E-state index contributed by atoms with van der Waals surface area (Å²) in [4.78, 5) is 0. The molecule has 0 aliphatic rings. The van der Waals surface area contributed by atoms with Crippen molar-refractivity contribution in [3.05, 3.63) is 10.8 Å². The molecule has 0 aliphatic heterocycles. The molecule has 0 aromatic heterocycles. The first kappa shape index (κ1) is 9.92. The van der Waals surface area contributed by atoms with E-state index >= 15 is 0 Å². The second kappa shape index (κ2) is 4.69. The third-order valence-electron chi connectivity index (χ3n) is 1.63. The Labute approximate surface area is 67.3 Å². The number of nitrogens with one attached hydrogen (secondary N) is 1. The van der Waals surface area contributed by atoms with E-state index in [0.29, 0.717) is 6.04 Å². The van der Waals surface area contributed by atoms with Gasteiger partial charge in [0.1, 0.15) is 0 Å². The lowest BCUT2D eigenvalue weighted by molar-refractivity contribution is 0.621. The molecular weight excluding hydrogens is 138 g/mol. The van der Waals surface area contributed by atoms with Crippen LogP contribution in [-0.2, 0) is 0 Å². The molecule has 0 atom stereocenters. The van der Waals surface area contributed by atoms with Crippen molar-refractivity contribution in [3.63, 3.8) is 0 Å². The first-order chi connectivity index (χ1) is 4.54. The van der Waals surface area contributed by atoms with Gasteiger partial charge in [-0.3, -0.25) is 0 Å². The average Bonchev–Trinajstić information content (AvgIpc) is 1.82. The topological polar surface area (TPSA) is 12.0 Å². The largest absolute Gasteiger partial charge is 0.311 e. The minimum Gasteiger partial charge on any atom is -0.311 e. The maximum Gasteiger partial charge on any atom is 0.0329 e. The van der Waals surface area contributed by atoms with Crippen LogP contribution >= 0.6 is 0 Å². The molecule has 0 unspecified atom stereocenters. The van der Waals surface area contributed by atoms with Gasteiger partial charge in [0.05, 0.1) is 0 Å². The second-order valence-electron chi connectivity index (χ2n) is 3.32. The van der Waals surface area contributed by atoms with Crippen molar-refractivity contribution in [1.29, 1.82) is 0 Å². The molecule has 1 nitrogen and oxygen atoms in total.